The Labute approximate surface area is 153 Å². The van der Waals surface area contributed by atoms with E-state index in [2.05, 4.69) is 6.92 Å². The number of benzene rings is 1. The monoisotopic (exact) mass is 370 g/mol. The Hall–Kier alpha value is -1.07. The van der Waals surface area contributed by atoms with Crippen LogP contribution < -0.4 is 4.74 Å². The second-order valence-corrected chi connectivity index (χ2v) is 8.23. The van der Waals surface area contributed by atoms with Crippen molar-refractivity contribution in [2.75, 3.05) is 6.61 Å². The van der Waals surface area contributed by atoms with Gasteiger partial charge in [-0.25, -0.2) is 0 Å². The highest BCUT2D eigenvalue weighted by Crippen LogP contribution is 2.29. The molecule has 0 aromatic heterocycles. The molecule has 0 spiro atoms. The smallest absolute Gasteiger partial charge is 0.294 e. The van der Waals surface area contributed by atoms with Crippen molar-refractivity contribution in [3.8, 4) is 5.75 Å². The van der Waals surface area contributed by atoms with Gasteiger partial charge in [0.1, 0.15) is 10.6 Å². The van der Waals surface area contributed by atoms with Crippen molar-refractivity contribution in [2.24, 2.45) is 0 Å². The van der Waals surface area contributed by atoms with Crippen molar-refractivity contribution >= 4 is 10.1 Å². The van der Waals surface area contributed by atoms with Crippen molar-refractivity contribution < 1.29 is 17.7 Å². The maximum Gasteiger partial charge on any atom is 0.294 e. The molecule has 0 unspecified atom stereocenters. The number of aryl methyl sites for hydroxylation is 1. The van der Waals surface area contributed by atoms with Crippen LogP contribution in [0.3, 0.4) is 0 Å². The summed E-state index contributed by atoms with van der Waals surface area (Å²) in [4.78, 5) is -0.0730. The summed E-state index contributed by atoms with van der Waals surface area (Å²) in [5.74, 6) is 0.575. The van der Waals surface area contributed by atoms with E-state index in [0.717, 1.165) is 18.4 Å². The van der Waals surface area contributed by atoms with Crippen LogP contribution in [0.4, 0.5) is 0 Å². The Morgan fingerprint density at radius 2 is 1.40 bits per heavy atom. The maximum absolute atomic E-state index is 11.4. The fraction of sp³-hybridized carbons (Fsp3) is 0.700. The molecular formula is C20H34O4S. The van der Waals surface area contributed by atoms with Crippen molar-refractivity contribution in [1.82, 2.24) is 0 Å². The summed E-state index contributed by atoms with van der Waals surface area (Å²) in [6, 6.07) is 3.09. The van der Waals surface area contributed by atoms with E-state index in [4.69, 9.17) is 4.74 Å². The molecule has 144 valence electrons. The van der Waals surface area contributed by atoms with Gasteiger partial charge in [-0.1, -0.05) is 70.8 Å². The lowest BCUT2D eigenvalue weighted by Crippen LogP contribution is -2.06. The van der Waals surface area contributed by atoms with Crippen LogP contribution in [0.15, 0.2) is 17.0 Å². The molecule has 0 aliphatic rings. The van der Waals surface area contributed by atoms with E-state index in [1.165, 1.54) is 57.4 Å². The number of rotatable bonds is 13. The molecule has 0 aliphatic carbocycles. The van der Waals surface area contributed by atoms with E-state index in [-0.39, 0.29) is 4.90 Å². The predicted octanol–water partition coefficient (Wildman–Crippen LogP) is 5.85. The van der Waals surface area contributed by atoms with E-state index in [1.807, 2.05) is 6.92 Å². The lowest BCUT2D eigenvalue weighted by molar-refractivity contribution is 0.299. The van der Waals surface area contributed by atoms with Crippen LogP contribution in [0, 0.1) is 13.8 Å². The van der Waals surface area contributed by atoms with Gasteiger partial charge < -0.3 is 4.74 Å². The van der Waals surface area contributed by atoms with Gasteiger partial charge >= 0.3 is 0 Å². The second-order valence-electron chi connectivity index (χ2n) is 6.84. The van der Waals surface area contributed by atoms with Gasteiger partial charge in [-0.15, -0.1) is 0 Å². The Morgan fingerprint density at radius 1 is 0.880 bits per heavy atom. The fourth-order valence-electron chi connectivity index (χ4n) is 3.07. The minimum atomic E-state index is -4.21. The molecule has 1 N–H and O–H groups in total. The molecular weight excluding hydrogens is 336 g/mol. The zero-order chi connectivity index (χ0) is 18.7. The molecule has 0 saturated carbocycles. The fourth-order valence-corrected chi connectivity index (χ4v) is 3.79. The van der Waals surface area contributed by atoms with Gasteiger partial charge in [0.15, 0.2) is 0 Å². The molecule has 0 radical (unpaired) electrons. The van der Waals surface area contributed by atoms with E-state index < -0.39 is 10.1 Å². The molecule has 5 heteroatoms. The van der Waals surface area contributed by atoms with Crippen molar-refractivity contribution in [3.05, 3.63) is 23.3 Å². The van der Waals surface area contributed by atoms with Crippen LogP contribution in [0.2, 0.25) is 0 Å². The van der Waals surface area contributed by atoms with Crippen molar-refractivity contribution in [2.45, 2.75) is 89.9 Å². The normalized spacial score (nSPS) is 11.7. The van der Waals surface area contributed by atoms with E-state index >= 15 is 0 Å². The zero-order valence-corrected chi connectivity index (χ0v) is 16.8. The van der Waals surface area contributed by atoms with Crippen LogP contribution in [0.5, 0.6) is 5.75 Å². The molecule has 1 rings (SSSR count). The molecule has 1 aromatic carbocycles. The minimum absolute atomic E-state index is 0.0730. The number of hydrogen-bond donors (Lipinski definition) is 1. The SMILES string of the molecule is CCCCCCCCCCCCOc1c(C)ccc(S(=O)(=O)O)c1C. The molecule has 0 aliphatic heterocycles. The number of unbranched alkanes of at least 4 members (excludes halogenated alkanes) is 9. The minimum Gasteiger partial charge on any atom is -0.493 e. The largest absolute Gasteiger partial charge is 0.493 e. The summed E-state index contributed by atoms with van der Waals surface area (Å²) in [6.45, 7) is 6.37. The Morgan fingerprint density at radius 3 is 1.92 bits per heavy atom. The Bertz CT molecular complexity index is 608. The summed E-state index contributed by atoms with van der Waals surface area (Å²) in [6.07, 6.45) is 12.6. The third-order valence-electron chi connectivity index (χ3n) is 4.58. The van der Waals surface area contributed by atoms with Gasteiger partial charge in [0.25, 0.3) is 10.1 Å². The lowest BCUT2D eigenvalue weighted by Gasteiger charge is -2.14. The third kappa shape index (κ3) is 8.23. The Balaban J connectivity index is 2.26. The quantitative estimate of drug-likeness (QED) is 0.349. The summed E-state index contributed by atoms with van der Waals surface area (Å²) >= 11 is 0. The molecule has 0 saturated heterocycles. The van der Waals surface area contributed by atoms with Gasteiger partial charge in [0, 0.05) is 5.56 Å². The molecule has 25 heavy (non-hydrogen) atoms. The van der Waals surface area contributed by atoms with Gasteiger partial charge in [0.2, 0.25) is 0 Å². The highest BCUT2D eigenvalue weighted by Gasteiger charge is 2.17. The average molecular weight is 371 g/mol. The first-order valence-corrected chi connectivity index (χ1v) is 11.0. The topological polar surface area (TPSA) is 63.6 Å². The highest BCUT2D eigenvalue weighted by atomic mass is 32.2. The van der Waals surface area contributed by atoms with Crippen LogP contribution in [0.1, 0.15) is 82.3 Å². The first kappa shape index (κ1) is 22.0. The van der Waals surface area contributed by atoms with E-state index in [9.17, 15) is 13.0 Å². The molecule has 0 heterocycles. The number of ether oxygens (including phenoxy) is 1. The summed E-state index contributed by atoms with van der Waals surface area (Å²) in [7, 11) is -4.21. The molecule has 0 bridgehead atoms. The van der Waals surface area contributed by atoms with Gasteiger partial charge in [-0.2, -0.15) is 8.42 Å². The van der Waals surface area contributed by atoms with Crippen LogP contribution >= 0.6 is 0 Å². The van der Waals surface area contributed by atoms with E-state index in [1.54, 1.807) is 13.0 Å². The van der Waals surface area contributed by atoms with Crippen LogP contribution in [0.25, 0.3) is 0 Å². The van der Waals surface area contributed by atoms with Crippen LogP contribution in [-0.4, -0.2) is 19.6 Å². The molecule has 0 amide bonds. The maximum atomic E-state index is 11.4. The van der Waals surface area contributed by atoms with Crippen molar-refractivity contribution in [3.63, 3.8) is 0 Å². The predicted molar refractivity (Wildman–Crippen MR) is 103 cm³/mol. The summed E-state index contributed by atoms with van der Waals surface area (Å²) in [5, 5.41) is 0. The van der Waals surface area contributed by atoms with E-state index in [0.29, 0.717) is 17.9 Å². The molecule has 1 aromatic rings. The lowest BCUT2D eigenvalue weighted by atomic mass is 10.1. The Kier molecular flexibility index (Phi) is 10.1. The molecule has 0 atom stereocenters. The standard InChI is InChI=1S/C20H34O4S/c1-4-5-6-7-8-9-10-11-12-13-16-24-20-17(2)14-15-19(18(20)3)25(21,22)23/h14-15H,4-13,16H2,1-3H3,(H,21,22,23). The first-order valence-electron chi connectivity index (χ1n) is 9.58. The second kappa shape index (κ2) is 11.5. The van der Waals surface area contributed by atoms with Crippen LogP contribution in [-0.2, 0) is 10.1 Å². The summed E-state index contributed by atoms with van der Waals surface area (Å²) in [5.41, 5.74) is 1.37. The highest BCUT2D eigenvalue weighted by molar-refractivity contribution is 7.85. The third-order valence-corrected chi connectivity index (χ3v) is 5.57. The van der Waals surface area contributed by atoms with Gasteiger partial charge in [-0.3, -0.25) is 4.55 Å². The molecule has 4 nitrogen and oxygen atoms in total. The number of hydrogen-bond acceptors (Lipinski definition) is 3. The van der Waals surface area contributed by atoms with Gasteiger partial charge in [-0.05, 0) is 31.9 Å². The first-order chi connectivity index (χ1) is 11.9. The van der Waals surface area contributed by atoms with Crippen molar-refractivity contribution in [1.29, 1.82) is 0 Å². The average Bonchev–Trinajstić information content (AvgIpc) is 2.54. The molecule has 0 fully saturated rings. The summed E-state index contributed by atoms with van der Waals surface area (Å²) < 4.78 is 37.8. The zero-order valence-electron chi connectivity index (χ0n) is 16.0. The van der Waals surface area contributed by atoms with Gasteiger partial charge in [0.05, 0.1) is 6.61 Å².